The highest BCUT2D eigenvalue weighted by Gasteiger charge is 2.07. The first-order valence-electron chi connectivity index (χ1n) is 5.07. The van der Waals surface area contributed by atoms with E-state index in [2.05, 4.69) is 33.0 Å². The Morgan fingerprint density at radius 2 is 2.33 bits per heavy atom. The van der Waals surface area contributed by atoms with Crippen molar-refractivity contribution in [3.8, 4) is 0 Å². The molecule has 5 nitrogen and oxygen atoms in total. The number of hydrogen-bond acceptors (Lipinski definition) is 3. The number of halogens is 2. The van der Waals surface area contributed by atoms with Crippen molar-refractivity contribution in [2.45, 2.75) is 6.54 Å². The number of nitrogens with one attached hydrogen (secondary N) is 1. The third-order valence-electron chi connectivity index (χ3n) is 2.16. The van der Waals surface area contributed by atoms with Crippen LogP contribution in [0.1, 0.15) is 0 Å². The maximum atomic E-state index is 11.8. The molecule has 0 saturated heterocycles. The Labute approximate surface area is 122 Å². The quantitative estimate of drug-likeness (QED) is 0.808. The van der Waals surface area contributed by atoms with Gasteiger partial charge < -0.3 is 11.1 Å². The van der Waals surface area contributed by atoms with Gasteiger partial charge in [0, 0.05) is 9.77 Å². The van der Waals surface area contributed by atoms with Crippen LogP contribution in [0.15, 0.2) is 30.6 Å². The summed E-state index contributed by atoms with van der Waals surface area (Å²) < 4.78 is 2.46. The van der Waals surface area contributed by atoms with Crippen molar-refractivity contribution in [2.75, 3.05) is 11.1 Å². The topological polar surface area (TPSA) is 72.9 Å². The van der Waals surface area contributed by atoms with Gasteiger partial charge in [0.05, 0.1) is 22.6 Å². The zero-order valence-corrected chi connectivity index (χ0v) is 12.1. The molecule has 1 amide bonds. The van der Waals surface area contributed by atoms with E-state index >= 15 is 0 Å². The number of carbonyl (C=O) groups is 1. The highest BCUT2D eigenvalue weighted by Crippen LogP contribution is 2.23. The van der Waals surface area contributed by atoms with Crippen molar-refractivity contribution in [1.82, 2.24) is 9.78 Å². The van der Waals surface area contributed by atoms with Gasteiger partial charge in [0.1, 0.15) is 6.54 Å². The molecule has 0 saturated carbocycles. The number of amides is 1. The molecule has 0 unspecified atom stereocenters. The fourth-order valence-corrected chi connectivity index (χ4v) is 2.05. The molecule has 0 aliphatic carbocycles. The summed E-state index contributed by atoms with van der Waals surface area (Å²) >= 11 is 8.14. The van der Waals surface area contributed by atoms with Crippen LogP contribution in [-0.4, -0.2) is 15.7 Å². The van der Waals surface area contributed by atoms with Crippen LogP contribution in [0, 0.1) is 3.57 Å². The maximum absolute atomic E-state index is 11.8. The zero-order valence-electron chi connectivity index (χ0n) is 9.23. The summed E-state index contributed by atoms with van der Waals surface area (Å²) in [6, 6.07) is 5.41. The molecular weight excluding hydrogens is 367 g/mol. The van der Waals surface area contributed by atoms with E-state index in [1.54, 1.807) is 18.3 Å². The third kappa shape index (κ3) is 3.36. The van der Waals surface area contributed by atoms with Crippen LogP contribution in [0.25, 0.3) is 0 Å². The minimum atomic E-state index is -0.206. The van der Waals surface area contributed by atoms with E-state index in [1.165, 1.54) is 10.9 Å². The average molecular weight is 377 g/mol. The first-order chi connectivity index (χ1) is 8.54. The summed E-state index contributed by atoms with van der Waals surface area (Å²) in [6.07, 6.45) is 3.08. The lowest BCUT2D eigenvalue weighted by Gasteiger charge is -2.07. The van der Waals surface area contributed by atoms with Crippen LogP contribution < -0.4 is 11.1 Å². The van der Waals surface area contributed by atoms with E-state index in [0.29, 0.717) is 16.4 Å². The van der Waals surface area contributed by atoms with Gasteiger partial charge in [-0.2, -0.15) is 5.10 Å². The molecule has 94 valence electrons. The van der Waals surface area contributed by atoms with Crippen LogP contribution in [0.5, 0.6) is 0 Å². The molecule has 1 aromatic heterocycles. The second-order valence-electron chi connectivity index (χ2n) is 3.64. The average Bonchev–Trinajstić information content (AvgIpc) is 2.69. The van der Waals surface area contributed by atoms with Crippen molar-refractivity contribution in [3.63, 3.8) is 0 Å². The zero-order chi connectivity index (χ0) is 13.1. The summed E-state index contributed by atoms with van der Waals surface area (Å²) in [7, 11) is 0. The standard InChI is InChI=1S/C11H10ClIN4O/c12-9-2-1-7(13)3-10(9)16-11(18)6-17-5-8(14)4-15-17/h1-5H,6,14H2,(H,16,18). The lowest BCUT2D eigenvalue weighted by atomic mass is 10.3. The van der Waals surface area contributed by atoms with Gasteiger partial charge in [-0.1, -0.05) is 11.6 Å². The molecule has 0 radical (unpaired) electrons. The van der Waals surface area contributed by atoms with Crippen LogP contribution >= 0.6 is 34.2 Å². The molecular formula is C11H10ClIN4O. The molecule has 0 aliphatic rings. The van der Waals surface area contributed by atoms with Crippen molar-refractivity contribution in [1.29, 1.82) is 0 Å². The van der Waals surface area contributed by atoms with Gasteiger partial charge in [0.25, 0.3) is 0 Å². The number of carbonyl (C=O) groups excluding carboxylic acids is 1. The van der Waals surface area contributed by atoms with E-state index in [1.807, 2.05) is 6.07 Å². The number of hydrogen-bond donors (Lipinski definition) is 2. The van der Waals surface area contributed by atoms with Gasteiger partial charge >= 0.3 is 0 Å². The maximum Gasteiger partial charge on any atom is 0.246 e. The first-order valence-corrected chi connectivity index (χ1v) is 6.53. The highest BCUT2D eigenvalue weighted by molar-refractivity contribution is 14.1. The fourth-order valence-electron chi connectivity index (χ4n) is 1.40. The predicted molar refractivity (Wildman–Crippen MR) is 79.4 cm³/mol. The minimum Gasteiger partial charge on any atom is -0.396 e. The monoisotopic (exact) mass is 376 g/mol. The number of benzene rings is 1. The van der Waals surface area contributed by atoms with Crippen molar-refractivity contribution >= 4 is 51.5 Å². The number of rotatable bonds is 3. The van der Waals surface area contributed by atoms with E-state index in [0.717, 1.165) is 3.57 Å². The second kappa shape index (κ2) is 5.57. The summed E-state index contributed by atoms with van der Waals surface area (Å²) in [5.74, 6) is -0.206. The summed E-state index contributed by atoms with van der Waals surface area (Å²) in [6.45, 7) is 0.0962. The number of anilines is 2. The Morgan fingerprint density at radius 3 is 3.00 bits per heavy atom. The summed E-state index contributed by atoms with van der Waals surface area (Å²) in [5.41, 5.74) is 6.63. The Hall–Kier alpha value is -1.28. The minimum absolute atomic E-state index is 0.0962. The van der Waals surface area contributed by atoms with Crippen molar-refractivity contribution < 1.29 is 4.79 Å². The Kier molecular flexibility index (Phi) is 4.07. The fraction of sp³-hybridized carbons (Fsp3) is 0.0909. The molecule has 0 atom stereocenters. The number of nitrogens with two attached hydrogens (primary N) is 1. The third-order valence-corrected chi connectivity index (χ3v) is 3.16. The Bertz CT molecular complexity index is 584. The SMILES string of the molecule is Nc1cnn(CC(=O)Nc2cc(I)ccc2Cl)c1. The van der Waals surface area contributed by atoms with Gasteiger partial charge in [0.15, 0.2) is 0 Å². The predicted octanol–water partition coefficient (Wildman–Crippen LogP) is 2.36. The van der Waals surface area contributed by atoms with E-state index in [9.17, 15) is 4.79 Å². The van der Waals surface area contributed by atoms with E-state index in [-0.39, 0.29) is 12.5 Å². The lowest BCUT2D eigenvalue weighted by molar-refractivity contribution is -0.116. The van der Waals surface area contributed by atoms with E-state index < -0.39 is 0 Å². The molecule has 1 heterocycles. The number of nitrogen functional groups attached to an aromatic ring is 1. The van der Waals surface area contributed by atoms with Gasteiger partial charge in [-0.25, -0.2) is 0 Å². The molecule has 0 fully saturated rings. The van der Waals surface area contributed by atoms with Crippen LogP contribution in [-0.2, 0) is 11.3 Å². The first kappa shape index (κ1) is 13.2. The normalized spacial score (nSPS) is 10.3. The molecule has 2 aromatic rings. The highest BCUT2D eigenvalue weighted by atomic mass is 127. The largest absolute Gasteiger partial charge is 0.396 e. The molecule has 0 aliphatic heterocycles. The molecule has 0 bridgehead atoms. The van der Waals surface area contributed by atoms with Gasteiger partial charge in [-0.15, -0.1) is 0 Å². The Balaban J connectivity index is 2.05. The molecule has 1 aromatic carbocycles. The number of aromatic nitrogens is 2. The Morgan fingerprint density at radius 1 is 1.56 bits per heavy atom. The molecule has 7 heteroatoms. The van der Waals surface area contributed by atoms with Gasteiger partial charge in [-0.3, -0.25) is 9.48 Å². The molecule has 18 heavy (non-hydrogen) atoms. The van der Waals surface area contributed by atoms with Crippen molar-refractivity contribution in [2.24, 2.45) is 0 Å². The van der Waals surface area contributed by atoms with Crippen LogP contribution in [0.3, 0.4) is 0 Å². The molecule has 0 spiro atoms. The molecule has 3 N–H and O–H groups in total. The van der Waals surface area contributed by atoms with Crippen molar-refractivity contribution in [3.05, 3.63) is 39.2 Å². The number of nitrogens with zero attached hydrogens (tertiary/aromatic N) is 2. The summed E-state index contributed by atoms with van der Waals surface area (Å²) in [5, 5.41) is 7.17. The van der Waals surface area contributed by atoms with Crippen LogP contribution in [0.2, 0.25) is 5.02 Å². The smallest absolute Gasteiger partial charge is 0.246 e. The van der Waals surface area contributed by atoms with Crippen LogP contribution in [0.4, 0.5) is 11.4 Å². The van der Waals surface area contributed by atoms with E-state index in [4.69, 9.17) is 17.3 Å². The lowest BCUT2D eigenvalue weighted by Crippen LogP contribution is -2.19. The van der Waals surface area contributed by atoms with Gasteiger partial charge in [-0.05, 0) is 40.8 Å². The summed E-state index contributed by atoms with van der Waals surface area (Å²) in [4.78, 5) is 11.8. The second-order valence-corrected chi connectivity index (χ2v) is 5.30. The molecule has 2 rings (SSSR count). The van der Waals surface area contributed by atoms with Gasteiger partial charge in [0.2, 0.25) is 5.91 Å².